The normalized spacial score (nSPS) is 12.1. The average molecular weight is 401 g/mol. The number of Topliss-reactive ketones (excluding diaryl/α,β-unsaturated/α-hetero) is 1. The molecule has 0 aliphatic carbocycles. The van der Waals surface area contributed by atoms with Crippen LogP contribution in [-0.4, -0.2) is 27.5 Å². The number of aromatic nitrogens is 2. The van der Waals surface area contributed by atoms with E-state index in [1.165, 1.54) is 4.68 Å². The van der Waals surface area contributed by atoms with Crippen molar-refractivity contribution in [3.05, 3.63) is 88.9 Å². The summed E-state index contributed by atoms with van der Waals surface area (Å²) in [6.07, 6.45) is 1.94. The molecule has 1 unspecified atom stereocenters. The minimum Gasteiger partial charge on any atom is -0.451 e. The van der Waals surface area contributed by atoms with E-state index in [4.69, 9.17) is 4.42 Å². The van der Waals surface area contributed by atoms with Gasteiger partial charge in [-0.1, -0.05) is 42.5 Å². The second-order valence-corrected chi connectivity index (χ2v) is 7.48. The van der Waals surface area contributed by atoms with Gasteiger partial charge in [-0.2, -0.15) is 5.10 Å². The molecule has 6 heteroatoms. The van der Waals surface area contributed by atoms with E-state index in [0.29, 0.717) is 17.7 Å². The third-order valence-electron chi connectivity index (χ3n) is 5.28. The minimum absolute atomic E-state index is 0.197. The number of hydrogen-bond acceptors (Lipinski definition) is 4. The van der Waals surface area contributed by atoms with Gasteiger partial charge in [0.05, 0.1) is 6.04 Å². The highest BCUT2D eigenvalue weighted by Crippen LogP contribution is 2.26. The van der Waals surface area contributed by atoms with Crippen LogP contribution in [0.15, 0.2) is 65.2 Å². The number of nitrogens with one attached hydrogen (secondary N) is 1. The lowest BCUT2D eigenvalue weighted by Gasteiger charge is -2.17. The maximum atomic E-state index is 13.2. The first-order chi connectivity index (χ1) is 14.4. The lowest BCUT2D eigenvalue weighted by atomic mass is 10.00. The molecule has 0 radical (unpaired) electrons. The highest BCUT2D eigenvalue weighted by molar-refractivity contribution is 6.04. The third-order valence-corrected chi connectivity index (χ3v) is 5.28. The van der Waals surface area contributed by atoms with Crippen molar-refractivity contribution in [2.75, 3.05) is 0 Å². The molecular formula is C24H23N3O3. The Morgan fingerprint density at radius 2 is 1.87 bits per heavy atom. The number of carbonyl (C=O) groups excluding carboxylic acids is 2. The molecule has 2 heterocycles. The first-order valence-corrected chi connectivity index (χ1v) is 9.81. The highest BCUT2D eigenvalue weighted by Gasteiger charge is 2.27. The molecule has 0 fully saturated rings. The number of ketones is 1. The Kier molecular flexibility index (Phi) is 5.23. The monoisotopic (exact) mass is 401 g/mol. The first-order valence-electron chi connectivity index (χ1n) is 9.81. The van der Waals surface area contributed by atoms with Crippen LogP contribution in [0.4, 0.5) is 0 Å². The fourth-order valence-corrected chi connectivity index (χ4v) is 3.63. The molecule has 152 valence electrons. The molecule has 0 aliphatic heterocycles. The van der Waals surface area contributed by atoms with Crippen LogP contribution in [0.1, 0.15) is 37.7 Å². The number of aryl methyl sites for hydroxylation is 3. The molecule has 0 bridgehead atoms. The van der Waals surface area contributed by atoms with Crippen molar-refractivity contribution in [2.45, 2.75) is 26.3 Å². The Bertz CT molecular complexity index is 1220. The minimum atomic E-state index is -0.746. The number of carbonyl (C=O) groups is 2. The summed E-state index contributed by atoms with van der Waals surface area (Å²) in [5.41, 5.74) is 3.86. The lowest BCUT2D eigenvalue weighted by molar-refractivity contribution is 0.0837. The quantitative estimate of drug-likeness (QED) is 0.495. The molecule has 2 aromatic carbocycles. The van der Waals surface area contributed by atoms with Gasteiger partial charge in [0.25, 0.3) is 5.91 Å². The van der Waals surface area contributed by atoms with Gasteiger partial charge in [0.15, 0.2) is 5.76 Å². The highest BCUT2D eigenvalue weighted by atomic mass is 16.3. The van der Waals surface area contributed by atoms with Crippen molar-refractivity contribution in [1.29, 1.82) is 0 Å². The van der Waals surface area contributed by atoms with E-state index in [2.05, 4.69) is 10.4 Å². The van der Waals surface area contributed by atoms with Crippen LogP contribution in [0.3, 0.4) is 0 Å². The molecule has 0 spiro atoms. The summed E-state index contributed by atoms with van der Waals surface area (Å²) in [4.78, 5) is 26.3. The predicted octanol–water partition coefficient (Wildman–Crippen LogP) is 4.01. The Labute approximate surface area is 174 Å². The Hall–Kier alpha value is -3.67. The number of nitrogens with zero attached hydrogens (tertiary/aromatic N) is 2. The van der Waals surface area contributed by atoms with Crippen molar-refractivity contribution >= 4 is 22.7 Å². The van der Waals surface area contributed by atoms with Crippen LogP contribution in [0.25, 0.3) is 11.0 Å². The summed E-state index contributed by atoms with van der Waals surface area (Å²) in [5.74, 6) is -0.374. The number of hydrogen-bond donors (Lipinski definition) is 1. The molecule has 1 amide bonds. The molecule has 1 atom stereocenters. The summed E-state index contributed by atoms with van der Waals surface area (Å²) in [5, 5.41) is 7.86. The van der Waals surface area contributed by atoms with Crippen LogP contribution >= 0.6 is 0 Å². The van der Waals surface area contributed by atoms with Crippen LogP contribution in [0.5, 0.6) is 0 Å². The number of amides is 1. The van der Waals surface area contributed by atoms with Crippen molar-refractivity contribution < 1.29 is 14.0 Å². The van der Waals surface area contributed by atoms with Crippen LogP contribution in [0.2, 0.25) is 0 Å². The zero-order chi connectivity index (χ0) is 21.3. The number of furan rings is 1. The zero-order valence-electron chi connectivity index (χ0n) is 17.2. The Balaban J connectivity index is 1.66. The summed E-state index contributed by atoms with van der Waals surface area (Å²) in [6.45, 7) is 3.82. The van der Waals surface area contributed by atoms with E-state index in [1.807, 2.05) is 62.4 Å². The van der Waals surface area contributed by atoms with Gasteiger partial charge in [0, 0.05) is 30.6 Å². The summed E-state index contributed by atoms with van der Waals surface area (Å²) >= 11 is 0. The van der Waals surface area contributed by atoms with E-state index >= 15 is 0 Å². The fourth-order valence-electron chi connectivity index (χ4n) is 3.63. The van der Waals surface area contributed by atoms with Crippen LogP contribution < -0.4 is 5.32 Å². The third kappa shape index (κ3) is 3.76. The molecule has 1 N–H and O–H groups in total. The van der Waals surface area contributed by atoms with E-state index in [-0.39, 0.29) is 11.5 Å². The number of fused-ring (bicyclic) bond motifs is 1. The van der Waals surface area contributed by atoms with Gasteiger partial charge in [0.2, 0.25) is 5.78 Å². The smallest absolute Gasteiger partial charge is 0.287 e. The van der Waals surface area contributed by atoms with Crippen molar-refractivity contribution in [3.8, 4) is 0 Å². The molecule has 30 heavy (non-hydrogen) atoms. The largest absolute Gasteiger partial charge is 0.451 e. The second-order valence-electron chi connectivity index (χ2n) is 7.48. The molecule has 0 aliphatic rings. The standard InChI is InChI=1S/C24H23N3O3/c1-15-9-10-18-16(2)23(30-21(18)13-15)24(29)26-19(14-17-7-5-4-6-8-17)22(28)20-11-12-25-27(20)3/h4-13,19H,14H2,1-3H3,(H,26,29). The Morgan fingerprint density at radius 3 is 2.57 bits per heavy atom. The van der Waals surface area contributed by atoms with Crippen molar-refractivity contribution in [2.24, 2.45) is 7.05 Å². The molecular weight excluding hydrogens is 378 g/mol. The lowest BCUT2D eigenvalue weighted by Crippen LogP contribution is -2.43. The van der Waals surface area contributed by atoms with Crippen molar-refractivity contribution in [3.63, 3.8) is 0 Å². The van der Waals surface area contributed by atoms with Gasteiger partial charge in [-0.3, -0.25) is 14.3 Å². The van der Waals surface area contributed by atoms with Gasteiger partial charge in [-0.05, 0) is 37.1 Å². The van der Waals surface area contributed by atoms with Crippen molar-refractivity contribution in [1.82, 2.24) is 15.1 Å². The van der Waals surface area contributed by atoms with Crippen LogP contribution in [0, 0.1) is 13.8 Å². The van der Waals surface area contributed by atoms with Gasteiger partial charge >= 0.3 is 0 Å². The van der Waals surface area contributed by atoms with E-state index < -0.39 is 11.9 Å². The first kappa shape index (κ1) is 19.6. The second kappa shape index (κ2) is 7.99. The number of rotatable bonds is 6. The molecule has 4 rings (SSSR count). The van der Waals surface area contributed by atoms with Gasteiger partial charge in [-0.15, -0.1) is 0 Å². The molecule has 0 saturated carbocycles. The zero-order valence-corrected chi connectivity index (χ0v) is 17.2. The fraction of sp³-hybridized carbons (Fsp3) is 0.208. The van der Waals surface area contributed by atoms with Gasteiger partial charge < -0.3 is 9.73 Å². The Morgan fingerprint density at radius 1 is 1.10 bits per heavy atom. The molecule has 0 saturated heterocycles. The van der Waals surface area contributed by atoms with Gasteiger partial charge in [0.1, 0.15) is 11.3 Å². The molecule has 6 nitrogen and oxygen atoms in total. The summed E-state index contributed by atoms with van der Waals surface area (Å²) in [7, 11) is 1.71. The van der Waals surface area contributed by atoms with E-state index in [1.54, 1.807) is 19.3 Å². The topological polar surface area (TPSA) is 77.1 Å². The van der Waals surface area contributed by atoms with E-state index in [0.717, 1.165) is 22.1 Å². The maximum absolute atomic E-state index is 13.2. The van der Waals surface area contributed by atoms with E-state index in [9.17, 15) is 9.59 Å². The van der Waals surface area contributed by atoms with Crippen LogP contribution in [-0.2, 0) is 13.5 Å². The number of benzene rings is 2. The average Bonchev–Trinajstić information content (AvgIpc) is 3.30. The summed E-state index contributed by atoms with van der Waals surface area (Å²) in [6, 6.07) is 16.4. The molecule has 4 aromatic rings. The summed E-state index contributed by atoms with van der Waals surface area (Å²) < 4.78 is 7.36. The van der Waals surface area contributed by atoms with Gasteiger partial charge in [-0.25, -0.2) is 0 Å². The SMILES string of the molecule is Cc1ccc2c(C)c(C(=O)NC(Cc3ccccc3)C(=O)c3ccnn3C)oc2c1. The maximum Gasteiger partial charge on any atom is 0.287 e. The molecule has 2 aromatic heterocycles. The predicted molar refractivity (Wildman–Crippen MR) is 115 cm³/mol.